The molecule has 0 aromatic carbocycles. The normalized spacial score (nSPS) is 38.4. The maximum atomic E-state index is 2.51. The predicted octanol–water partition coefficient (Wildman–Crippen LogP) is 9.28. The third kappa shape index (κ3) is 5.18. The van der Waals surface area contributed by atoms with E-state index in [1.807, 2.05) is 0 Å². The van der Waals surface area contributed by atoms with Gasteiger partial charge in [0.2, 0.25) is 0 Å². The van der Waals surface area contributed by atoms with Crippen molar-refractivity contribution in [2.24, 2.45) is 46.3 Å². The summed E-state index contributed by atoms with van der Waals surface area (Å²) in [5.41, 5.74) is 1.15. The van der Waals surface area contributed by atoms with Gasteiger partial charge in [0.1, 0.15) is 0 Å². The van der Waals surface area contributed by atoms with Crippen LogP contribution in [0.15, 0.2) is 0 Å². The summed E-state index contributed by atoms with van der Waals surface area (Å²) in [4.78, 5) is 0. The average molecular weight is 389 g/mol. The van der Waals surface area contributed by atoms with Crippen LogP contribution < -0.4 is 0 Å². The fourth-order valence-corrected chi connectivity index (χ4v) is 7.41. The molecule has 0 aromatic rings. The van der Waals surface area contributed by atoms with Gasteiger partial charge in [-0.25, -0.2) is 0 Å². The molecule has 0 aliphatic heterocycles. The Balaban J connectivity index is 1.40. The highest BCUT2D eigenvalue weighted by atomic mass is 14.4. The van der Waals surface area contributed by atoms with Crippen LogP contribution in [0.3, 0.4) is 0 Å². The Hall–Kier alpha value is 0. The molecule has 0 unspecified atom stereocenters. The van der Waals surface area contributed by atoms with Gasteiger partial charge in [0.15, 0.2) is 0 Å². The van der Waals surface area contributed by atoms with E-state index in [-0.39, 0.29) is 0 Å². The molecule has 3 aliphatic rings. The second kappa shape index (κ2) is 9.43. The van der Waals surface area contributed by atoms with Gasteiger partial charge in [-0.2, -0.15) is 0 Å². The fourth-order valence-electron chi connectivity index (χ4n) is 7.41. The Bertz CT molecular complexity index is 404. The highest BCUT2D eigenvalue weighted by molar-refractivity contribution is 4.89. The molecule has 0 bridgehead atoms. The molecule has 3 rings (SSSR count). The smallest absolute Gasteiger partial charge is 0.0329 e. The summed E-state index contributed by atoms with van der Waals surface area (Å²) in [7, 11) is 0. The van der Waals surface area contributed by atoms with Crippen LogP contribution in [0.5, 0.6) is 0 Å². The van der Waals surface area contributed by atoms with Gasteiger partial charge >= 0.3 is 0 Å². The van der Waals surface area contributed by atoms with Gasteiger partial charge in [0.05, 0.1) is 0 Å². The minimum absolute atomic E-state index is 0.577. The first-order chi connectivity index (χ1) is 13.3. The van der Waals surface area contributed by atoms with Crippen molar-refractivity contribution in [3.8, 4) is 0 Å². The predicted molar refractivity (Wildman–Crippen MR) is 124 cm³/mol. The second-order valence-electron chi connectivity index (χ2n) is 12.6. The molecule has 0 radical (unpaired) electrons. The first-order valence-electron chi connectivity index (χ1n) is 13.3. The molecule has 0 nitrogen and oxygen atoms in total. The van der Waals surface area contributed by atoms with E-state index >= 15 is 0 Å². The van der Waals surface area contributed by atoms with Crippen LogP contribution in [0, 0.1) is 46.3 Å². The maximum absolute atomic E-state index is 2.51. The van der Waals surface area contributed by atoms with E-state index in [4.69, 9.17) is 0 Å². The molecule has 0 aromatic heterocycles. The molecule has 3 aliphatic carbocycles. The molecule has 0 heterocycles. The van der Waals surface area contributed by atoms with Gasteiger partial charge in [-0.15, -0.1) is 0 Å². The summed E-state index contributed by atoms with van der Waals surface area (Å²) in [5, 5.41) is 0. The SMILES string of the molecule is CCC(C)(C)C1CCC(C2CCC(C3CCC(C(C)(C)CC)CC3)CC2)CC1. The molecule has 164 valence electrons. The van der Waals surface area contributed by atoms with Crippen molar-refractivity contribution in [3.05, 3.63) is 0 Å². The summed E-state index contributed by atoms with van der Waals surface area (Å²) in [6, 6.07) is 0. The van der Waals surface area contributed by atoms with Crippen LogP contribution in [0.2, 0.25) is 0 Å². The van der Waals surface area contributed by atoms with Crippen molar-refractivity contribution in [2.45, 2.75) is 131 Å². The third-order valence-corrected chi connectivity index (χ3v) is 10.7. The number of hydrogen-bond acceptors (Lipinski definition) is 0. The Morgan fingerprint density at radius 2 is 0.643 bits per heavy atom. The van der Waals surface area contributed by atoms with Crippen molar-refractivity contribution < 1.29 is 0 Å². The molecule has 3 fully saturated rings. The molecule has 0 heteroatoms. The van der Waals surface area contributed by atoms with E-state index in [2.05, 4.69) is 41.5 Å². The van der Waals surface area contributed by atoms with Crippen molar-refractivity contribution >= 4 is 0 Å². The molecule has 3 saturated carbocycles. The summed E-state index contributed by atoms with van der Waals surface area (Å²) < 4.78 is 0. The Morgan fingerprint density at radius 3 is 0.857 bits per heavy atom. The average Bonchev–Trinajstić information content (AvgIpc) is 2.74. The van der Waals surface area contributed by atoms with Crippen LogP contribution >= 0.6 is 0 Å². The molecule has 0 atom stereocenters. The first kappa shape index (κ1) is 22.7. The molecular weight excluding hydrogens is 336 g/mol. The lowest BCUT2D eigenvalue weighted by Crippen LogP contribution is -2.33. The van der Waals surface area contributed by atoms with E-state index in [0.29, 0.717) is 10.8 Å². The van der Waals surface area contributed by atoms with Crippen molar-refractivity contribution in [3.63, 3.8) is 0 Å². The van der Waals surface area contributed by atoms with Gasteiger partial charge in [0, 0.05) is 0 Å². The van der Waals surface area contributed by atoms with Crippen molar-refractivity contribution in [1.82, 2.24) is 0 Å². The standard InChI is InChI=1S/C28H52/c1-7-27(3,4)25-17-13-23(14-18-25)21-9-11-22(12-10-21)24-15-19-26(20-16-24)28(5,6)8-2/h21-26H,7-20H2,1-6H3. The summed E-state index contributed by atoms with van der Waals surface area (Å²) in [5.74, 6) is 6.30. The van der Waals surface area contributed by atoms with Gasteiger partial charge in [-0.1, -0.05) is 54.4 Å². The summed E-state index contributed by atoms with van der Waals surface area (Å²) >= 11 is 0. The fraction of sp³-hybridized carbons (Fsp3) is 1.00. The van der Waals surface area contributed by atoms with E-state index in [1.54, 1.807) is 51.4 Å². The van der Waals surface area contributed by atoms with Crippen LogP contribution in [-0.4, -0.2) is 0 Å². The van der Waals surface area contributed by atoms with Gasteiger partial charge in [-0.05, 0) is 123 Å². The maximum Gasteiger partial charge on any atom is -0.0329 e. The minimum Gasteiger partial charge on any atom is -0.0649 e. The summed E-state index contributed by atoms with van der Waals surface area (Å²) in [6.07, 6.45) is 21.2. The number of rotatable bonds is 6. The van der Waals surface area contributed by atoms with Crippen LogP contribution in [0.4, 0.5) is 0 Å². The lowest BCUT2D eigenvalue weighted by Gasteiger charge is -2.45. The highest BCUT2D eigenvalue weighted by Gasteiger charge is 2.38. The van der Waals surface area contributed by atoms with Crippen LogP contribution in [0.25, 0.3) is 0 Å². The van der Waals surface area contributed by atoms with Gasteiger partial charge in [0.25, 0.3) is 0 Å². The van der Waals surface area contributed by atoms with Crippen molar-refractivity contribution in [2.75, 3.05) is 0 Å². The van der Waals surface area contributed by atoms with Gasteiger partial charge in [-0.3, -0.25) is 0 Å². The lowest BCUT2D eigenvalue weighted by atomic mass is 9.61. The van der Waals surface area contributed by atoms with Gasteiger partial charge < -0.3 is 0 Å². The zero-order valence-electron chi connectivity index (χ0n) is 20.4. The molecule has 28 heavy (non-hydrogen) atoms. The zero-order valence-corrected chi connectivity index (χ0v) is 20.4. The second-order valence-corrected chi connectivity index (χ2v) is 12.6. The molecule has 0 amide bonds. The first-order valence-corrected chi connectivity index (χ1v) is 13.3. The molecule has 0 saturated heterocycles. The van der Waals surface area contributed by atoms with Crippen LogP contribution in [-0.2, 0) is 0 Å². The minimum atomic E-state index is 0.577. The van der Waals surface area contributed by atoms with E-state index in [1.165, 1.54) is 38.5 Å². The lowest BCUT2D eigenvalue weighted by molar-refractivity contribution is 0.0636. The molecular formula is C28H52. The topological polar surface area (TPSA) is 0 Å². The third-order valence-electron chi connectivity index (χ3n) is 10.7. The van der Waals surface area contributed by atoms with Crippen molar-refractivity contribution in [1.29, 1.82) is 0 Å². The van der Waals surface area contributed by atoms with Crippen LogP contribution in [0.1, 0.15) is 131 Å². The highest BCUT2D eigenvalue weighted by Crippen LogP contribution is 2.50. The van der Waals surface area contributed by atoms with E-state index < -0.39 is 0 Å². The molecule has 0 spiro atoms. The molecule has 0 N–H and O–H groups in total. The van der Waals surface area contributed by atoms with E-state index in [9.17, 15) is 0 Å². The quantitative estimate of drug-likeness (QED) is 0.425. The Labute approximate surface area is 178 Å². The largest absolute Gasteiger partial charge is 0.0649 e. The Kier molecular flexibility index (Phi) is 7.64. The Morgan fingerprint density at radius 1 is 0.429 bits per heavy atom. The van der Waals surface area contributed by atoms with E-state index in [0.717, 1.165) is 35.5 Å². The number of hydrogen-bond donors (Lipinski definition) is 0. The summed E-state index contributed by atoms with van der Waals surface area (Å²) in [6.45, 7) is 14.8. The zero-order chi connectivity index (χ0) is 20.4. The monoisotopic (exact) mass is 388 g/mol.